The number of hydrogen-bond donors (Lipinski definition) is 1. The molecule has 0 bridgehead atoms. The Morgan fingerprint density at radius 3 is 2.93 bits per heavy atom. The maximum Gasteiger partial charge on any atom is 0.261 e. The highest BCUT2D eigenvalue weighted by Gasteiger charge is 2.06. The van der Waals surface area contributed by atoms with Crippen LogP contribution in [0.3, 0.4) is 0 Å². The van der Waals surface area contributed by atoms with E-state index in [1.54, 1.807) is 6.08 Å². The molecule has 0 radical (unpaired) electrons. The van der Waals surface area contributed by atoms with Crippen LogP contribution in [0.4, 0.5) is 0 Å². The van der Waals surface area contributed by atoms with E-state index in [1.165, 1.54) is 18.4 Å². The molecule has 1 N–H and O–H groups in total. The van der Waals surface area contributed by atoms with Gasteiger partial charge in [0, 0.05) is 7.05 Å². The molecule has 0 aromatic carbocycles. The highest BCUT2D eigenvalue weighted by molar-refractivity contribution is 9.11. The van der Waals surface area contributed by atoms with Crippen molar-refractivity contribution >= 4 is 39.2 Å². The molecule has 1 aromatic heterocycles. The summed E-state index contributed by atoms with van der Waals surface area (Å²) in [6.07, 6.45) is 1.56. The van der Waals surface area contributed by atoms with Crippen LogP contribution in [0, 0.1) is 11.3 Å². The quantitative estimate of drug-likeness (QED) is 0.662. The third-order valence-corrected chi connectivity index (χ3v) is 3.01. The number of rotatable bonds is 2. The van der Waals surface area contributed by atoms with Gasteiger partial charge in [-0.25, -0.2) is 0 Å². The molecule has 1 rings (SSSR count). The zero-order valence-corrected chi connectivity index (χ0v) is 9.78. The molecule has 1 amide bonds. The van der Waals surface area contributed by atoms with Gasteiger partial charge in [-0.1, -0.05) is 0 Å². The Kier molecular flexibility index (Phi) is 3.86. The number of carbonyl (C=O) groups excluding carboxylic acids is 1. The summed E-state index contributed by atoms with van der Waals surface area (Å²) in [4.78, 5) is 11.1. The summed E-state index contributed by atoms with van der Waals surface area (Å²) in [5, 5.41) is 13.0. The number of nitrogens with one attached hydrogen (secondary N) is 1. The molecule has 5 heteroatoms. The molecule has 1 heterocycles. The molecule has 0 aliphatic carbocycles. The van der Waals surface area contributed by atoms with Crippen LogP contribution < -0.4 is 5.32 Å². The first kappa shape index (κ1) is 11.0. The van der Waals surface area contributed by atoms with Crippen LogP contribution in [0.15, 0.2) is 20.8 Å². The van der Waals surface area contributed by atoms with Crippen LogP contribution in [0.2, 0.25) is 0 Å². The first-order valence-corrected chi connectivity index (χ1v) is 5.42. The van der Waals surface area contributed by atoms with Crippen molar-refractivity contribution in [3.63, 3.8) is 0 Å². The maximum atomic E-state index is 11.1. The van der Waals surface area contributed by atoms with Crippen LogP contribution in [0.5, 0.6) is 0 Å². The molecule has 0 spiro atoms. The van der Waals surface area contributed by atoms with Gasteiger partial charge in [0.2, 0.25) is 0 Å². The summed E-state index contributed by atoms with van der Waals surface area (Å²) in [5.41, 5.74) is 0.958. The van der Waals surface area contributed by atoms with Gasteiger partial charge in [0.05, 0.1) is 3.79 Å². The first-order valence-electron chi connectivity index (χ1n) is 3.75. The number of carbonyl (C=O) groups is 1. The number of likely N-dealkylation sites (N-methyl/N-ethyl adjacent to an activating group) is 1. The largest absolute Gasteiger partial charge is 0.354 e. The summed E-state index contributed by atoms with van der Waals surface area (Å²) in [6, 6.07) is 3.70. The second-order valence-electron chi connectivity index (χ2n) is 2.43. The van der Waals surface area contributed by atoms with Crippen LogP contribution in [-0.4, -0.2) is 13.0 Å². The Labute approximate surface area is 94.2 Å². The van der Waals surface area contributed by atoms with Gasteiger partial charge >= 0.3 is 0 Å². The minimum absolute atomic E-state index is 0.109. The van der Waals surface area contributed by atoms with Crippen molar-refractivity contribution in [2.75, 3.05) is 7.05 Å². The minimum atomic E-state index is -0.366. The average Bonchev–Trinajstić information content (AvgIpc) is 2.59. The SMILES string of the molecule is CNC(=O)/C(C#N)=C/c1csc(Br)c1. The fraction of sp³-hybridized carbons (Fsp3) is 0.111. The number of halogens is 1. The Balaban J connectivity index is 2.96. The second-order valence-corrected chi connectivity index (χ2v) is 4.72. The highest BCUT2D eigenvalue weighted by atomic mass is 79.9. The summed E-state index contributed by atoms with van der Waals surface area (Å²) < 4.78 is 0.970. The van der Waals surface area contributed by atoms with Crippen LogP contribution >= 0.6 is 27.3 Å². The van der Waals surface area contributed by atoms with Crippen molar-refractivity contribution in [2.24, 2.45) is 0 Å². The van der Waals surface area contributed by atoms with Gasteiger partial charge in [-0.3, -0.25) is 4.79 Å². The third kappa shape index (κ3) is 2.69. The highest BCUT2D eigenvalue weighted by Crippen LogP contribution is 2.22. The van der Waals surface area contributed by atoms with Gasteiger partial charge in [-0.2, -0.15) is 5.26 Å². The fourth-order valence-electron chi connectivity index (χ4n) is 0.849. The zero-order valence-electron chi connectivity index (χ0n) is 7.37. The molecule has 1 aromatic rings. The monoisotopic (exact) mass is 270 g/mol. The lowest BCUT2D eigenvalue weighted by Crippen LogP contribution is -2.18. The van der Waals surface area contributed by atoms with E-state index in [0.29, 0.717) is 0 Å². The molecule has 0 aliphatic rings. The molecule has 14 heavy (non-hydrogen) atoms. The van der Waals surface area contributed by atoms with Crippen molar-refractivity contribution in [2.45, 2.75) is 0 Å². The van der Waals surface area contributed by atoms with Crippen molar-refractivity contribution in [1.82, 2.24) is 5.32 Å². The summed E-state index contributed by atoms with van der Waals surface area (Å²) >= 11 is 4.81. The van der Waals surface area contributed by atoms with E-state index in [-0.39, 0.29) is 11.5 Å². The standard InChI is InChI=1S/C9H7BrN2OS/c1-12-9(13)7(4-11)2-6-3-8(10)14-5-6/h2-3,5H,1H3,(H,12,13)/b7-2+. The molecular formula is C9H7BrN2OS. The van der Waals surface area contributed by atoms with E-state index in [2.05, 4.69) is 21.2 Å². The maximum absolute atomic E-state index is 11.1. The number of nitrogens with zero attached hydrogens (tertiary/aromatic N) is 1. The molecule has 72 valence electrons. The van der Waals surface area contributed by atoms with E-state index >= 15 is 0 Å². The lowest BCUT2D eigenvalue weighted by Gasteiger charge is -1.94. The molecule has 0 saturated heterocycles. The lowest BCUT2D eigenvalue weighted by atomic mass is 10.2. The Bertz CT molecular complexity index is 417. The minimum Gasteiger partial charge on any atom is -0.354 e. The van der Waals surface area contributed by atoms with E-state index < -0.39 is 0 Å². The Hall–Kier alpha value is -1.12. The first-order chi connectivity index (χ1) is 6.67. The summed E-state index contributed by atoms with van der Waals surface area (Å²) in [6.45, 7) is 0. The molecule has 0 saturated carbocycles. The fourth-order valence-corrected chi connectivity index (χ4v) is 1.98. The van der Waals surface area contributed by atoms with E-state index in [0.717, 1.165) is 9.35 Å². The van der Waals surface area contributed by atoms with Crippen molar-refractivity contribution in [3.05, 3.63) is 26.4 Å². The lowest BCUT2D eigenvalue weighted by molar-refractivity contribution is -0.116. The smallest absolute Gasteiger partial charge is 0.261 e. The van der Waals surface area contributed by atoms with Gasteiger partial charge < -0.3 is 5.32 Å². The Morgan fingerprint density at radius 2 is 2.50 bits per heavy atom. The van der Waals surface area contributed by atoms with E-state index in [1.807, 2.05) is 17.5 Å². The van der Waals surface area contributed by atoms with Gasteiger partial charge in [-0.15, -0.1) is 11.3 Å². The average molecular weight is 271 g/mol. The topological polar surface area (TPSA) is 52.9 Å². The molecular weight excluding hydrogens is 264 g/mol. The number of nitriles is 1. The predicted octanol–water partition coefficient (Wildman–Crippen LogP) is 2.16. The molecule has 0 aliphatic heterocycles. The van der Waals surface area contributed by atoms with E-state index in [4.69, 9.17) is 5.26 Å². The van der Waals surface area contributed by atoms with E-state index in [9.17, 15) is 4.79 Å². The van der Waals surface area contributed by atoms with Crippen LogP contribution in [0.25, 0.3) is 6.08 Å². The van der Waals surface area contributed by atoms with Gasteiger partial charge in [0.1, 0.15) is 11.6 Å². The normalized spacial score (nSPS) is 10.8. The van der Waals surface area contributed by atoms with Gasteiger partial charge in [0.25, 0.3) is 5.91 Å². The van der Waals surface area contributed by atoms with Crippen LogP contribution in [-0.2, 0) is 4.79 Å². The third-order valence-electron chi connectivity index (χ3n) is 1.49. The van der Waals surface area contributed by atoms with Gasteiger partial charge in [0.15, 0.2) is 0 Å². The van der Waals surface area contributed by atoms with Crippen molar-refractivity contribution in [1.29, 1.82) is 5.26 Å². The van der Waals surface area contributed by atoms with Crippen LogP contribution in [0.1, 0.15) is 5.56 Å². The molecule has 3 nitrogen and oxygen atoms in total. The number of thiophene rings is 1. The molecule has 0 unspecified atom stereocenters. The van der Waals surface area contributed by atoms with Gasteiger partial charge in [-0.05, 0) is 39.0 Å². The second kappa shape index (κ2) is 4.94. The number of amides is 1. The molecule has 0 fully saturated rings. The van der Waals surface area contributed by atoms with Crippen molar-refractivity contribution in [3.8, 4) is 6.07 Å². The predicted molar refractivity (Wildman–Crippen MR) is 59.7 cm³/mol. The number of hydrogen-bond acceptors (Lipinski definition) is 3. The Morgan fingerprint density at radius 1 is 1.79 bits per heavy atom. The summed E-state index contributed by atoms with van der Waals surface area (Å²) in [5.74, 6) is -0.366. The zero-order chi connectivity index (χ0) is 10.6. The summed E-state index contributed by atoms with van der Waals surface area (Å²) in [7, 11) is 1.50. The molecule has 0 atom stereocenters. The van der Waals surface area contributed by atoms with Crippen molar-refractivity contribution < 1.29 is 4.79 Å².